The molecule has 4 heteroatoms. The number of rotatable bonds is 3. The van der Waals surface area contributed by atoms with Crippen molar-refractivity contribution in [3.8, 4) is 0 Å². The lowest BCUT2D eigenvalue weighted by atomic mass is 10.0. The van der Waals surface area contributed by atoms with E-state index >= 15 is 0 Å². The summed E-state index contributed by atoms with van der Waals surface area (Å²) in [4.78, 5) is 25.4. The van der Waals surface area contributed by atoms with Crippen LogP contribution in [0.2, 0.25) is 0 Å². The molecule has 1 fully saturated rings. The predicted octanol–water partition coefficient (Wildman–Crippen LogP) is 1.91. The van der Waals surface area contributed by atoms with Gasteiger partial charge in [0.1, 0.15) is 0 Å². The van der Waals surface area contributed by atoms with Crippen molar-refractivity contribution < 1.29 is 9.59 Å². The van der Waals surface area contributed by atoms with Gasteiger partial charge in [0.15, 0.2) is 0 Å². The molecule has 1 N–H and O–H groups in total. The first-order valence-electron chi connectivity index (χ1n) is 6.65. The van der Waals surface area contributed by atoms with E-state index in [0.29, 0.717) is 18.9 Å². The minimum atomic E-state index is -0.236. The van der Waals surface area contributed by atoms with Gasteiger partial charge >= 0.3 is 0 Å². The Morgan fingerprint density at radius 2 is 2.16 bits per heavy atom. The molecule has 0 bridgehead atoms. The molecule has 4 nitrogen and oxygen atoms in total. The van der Waals surface area contributed by atoms with Crippen LogP contribution in [0.15, 0.2) is 24.3 Å². The molecule has 1 heterocycles. The zero-order valence-electron chi connectivity index (χ0n) is 11.6. The highest BCUT2D eigenvalue weighted by Crippen LogP contribution is 2.27. The van der Waals surface area contributed by atoms with E-state index in [1.165, 1.54) is 5.56 Å². The van der Waals surface area contributed by atoms with Crippen LogP contribution in [0.5, 0.6) is 0 Å². The van der Waals surface area contributed by atoms with Gasteiger partial charge in [-0.15, -0.1) is 0 Å². The summed E-state index contributed by atoms with van der Waals surface area (Å²) >= 11 is 0. The third-order valence-electron chi connectivity index (χ3n) is 3.59. The van der Waals surface area contributed by atoms with Crippen molar-refractivity contribution >= 4 is 17.5 Å². The van der Waals surface area contributed by atoms with Gasteiger partial charge in [0.2, 0.25) is 11.8 Å². The molecule has 1 unspecified atom stereocenters. The molecule has 19 heavy (non-hydrogen) atoms. The molecule has 1 saturated heterocycles. The lowest BCUT2D eigenvalue weighted by Gasteiger charge is -2.18. The van der Waals surface area contributed by atoms with Crippen LogP contribution in [0.25, 0.3) is 0 Å². The molecule has 1 aromatic rings. The number of nitrogens with zero attached hydrogens (tertiary/aromatic N) is 1. The second kappa shape index (κ2) is 5.43. The van der Waals surface area contributed by atoms with E-state index in [-0.39, 0.29) is 17.7 Å². The summed E-state index contributed by atoms with van der Waals surface area (Å²) in [6, 6.07) is 7.99. The van der Waals surface area contributed by atoms with Crippen molar-refractivity contribution in [2.24, 2.45) is 5.92 Å². The quantitative estimate of drug-likeness (QED) is 0.902. The van der Waals surface area contributed by atoms with Gasteiger partial charge in [-0.2, -0.15) is 0 Å². The fourth-order valence-electron chi connectivity index (χ4n) is 2.39. The first-order chi connectivity index (χ1) is 9.02. The zero-order valence-corrected chi connectivity index (χ0v) is 11.6. The van der Waals surface area contributed by atoms with E-state index in [1.54, 1.807) is 11.9 Å². The van der Waals surface area contributed by atoms with Crippen molar-refractivity contribution in [2.45, 2.75) is 26.2 Å². The Labute approximate surface area is 113 Å². The number of hydrogen-bond donors (Lipinski definition) is 1. The van der Waals surface area contributed by atoms with E-state index in [4.69, 9.17) is 0 Å². The van der Waals surface area contributed by atoms with Crippen molar-refractivity contribution in [3.05, 3.63) is 29.8 Å². The van der Waals surface area contributed by atoms with Crippen molar-refractivity contribution in [2.75, 3.05) is 18.5 Å². The number of amides is 2. The summed E-state index contributed by atoms with van der Waals surface area (Å²) in [7, 11) is 1.61. The molecular weight excluding hydrogens is 240 g/mol. The summed E-state index contributed by atoms with van der Waals surface area (Å²) in [5, 5.41) is 2.61. The maximum Gasteiger partial charge on any atom is 0.227 e. The molecule has 0 aliphatic carbocycles. The Morgan fingerprint density at radius 1 is 1.42 bits per heavy atom. The van der Waals surface area contributed by atoms with Gasteiger partial charge < -0.3 is 10.2 Å². The third kappa shape index (κ3) is 2.78. The van der Waals surface area contributed by atoms with Gasteiger partial charge in [0.25, 0.3) is 0 Å². The Balaban J connectivity index is 2.20. The van der Waals surface area contributed by atoms with Gasteiger partial charge in [-0.1, -0.05) is 26.0 Å². The number of benzene rings is 1. The molecule has 0 radical (unpaired) electrons. The van der Waals surface area contributed by atoms with E-state index in [9.17, 15) is 9.59 Å². The molecule has 2 amide bonds. The maximum atomic E-state index is 12.0. The van der Waals surface area contributed by atoms with Crippen LogP contribution in [0, 0.1) is 5.92 Å². The van der Waals surface area contributed by atoms with Crippen LogP contribution >= 0.6 is 0 Å². The summed E-state index contributed by atoms with van der Waals surface area (Å²) < 4.78 is 0. The van der Waals surface area contributed by atoms with Crippen molar-refractivity contribution in [3.63, 3.8) is 0 Å². The molecule has 1 atom stereocenters. The smallest absolute Gasteiger partial charge is 0.227 e. The fraction of sp³-hybridized carbons (Fsp3) is 0.467. The van der Waals surface area contributed by atoms with Gasteiger partial charge in [-0.3, -0.25) is 9.59 Å². The second-order valence-corrected chi connectivity index (χ2v) is 5.27. The van der Waals surface area contributed by atoms with Crippen molar-refractivity contribution in [1.82, 2.24) is 5.32 Å². The molecule has 0 aromatic heterocycles. The molecule has 1 aliphatic heterocycles. The summed E-state index contributed by atoms with van der Waals surface area (Å²) in [5.41, 5.74) is 2.09. The molecule has 0 spiro atoms. The standard InChI is InChI=1S/C15H20N2O2/c1-10(2)11-5-4-6-13(7-11)17-9-12(8-14(17)18)15(19)16-3/h4-7,10,12H,8-9H2,1-3H3,(H,16,19). The van der Waals surface area contributed by atoms with Gasteiger partial charge in [-0.05, 0) is 23.6 Å². The van der Waals surface area contributed by atoms with E-state index < -0.39 is 0 Å². The number of carbonyl (C=O) groups is 2. The predicted molar refractivity (Wildman–Crippen MR) is 75.1 cm³/mol. The molecule has 2 rings (SSSR count). The van der Waals surface area contributed by atoms with Crippen LogP contribution in [0.3, 0.4) is 0 Å². The summed E-state index contributed by atoms with van der Waals surface area (Å²) in [6.07, 6.45) is 0.297. The minimum absolute atomic E-state index is 0.0227. The topological polar surface area (TPSA) is 49.4 Å². The second-order valence-electron chi connectivity index (χ2n) is 5.27. The normalized spacial score (nSPS) is 19.1. The van der Waals surface area contributed by atoms with Crippen LogP contribution in [0.4, 0.5) is 5.69 Å². The maximum absolute atomic E-state index is 12.0. The van der Waals surface area contributed by atoms with Crippen LogP contribution in [0.1, 0.15) is 31.7 Å². The SMILES string of the molecule is CNC(=O)C1CC(=O)N(c2cccc(C(C)C)c2)C1. The average Bonchev–Trinajstić information content (AvgIpc) is 2.80. The van der Waals surface area contributed by atoms with E-state index in [2.05, 4.69) is 25.2 Å². The zero-order chi connectivity index (χ0) is 14.0. The van der Waals surface area contributed by atoms with Crippen LogP contribution in [-0.2, 0) is 9.59 Å². The molecule has 1 aliphatic rings. The van der Waals surface area contributed by atoms with Gasteiger partial charge in [0.05, 0.1) is 5.92 Å². The van der Waals surface area contributed by atoms with Crippen molar-refractivity contribution in [1.29, 1.82) is 0 Å². The summed E-state index contributed by atoms with van der Waals surface area (Å²) in [6.45, 7) is 4.72. The van der Waals surface area contributed by atoms with E-state index in [0.717, 1.165) is 5.69 Å². The lowest BCUT2D eigenvalue weighted by Crippen LogP contribution is -2.30. The minimum Gasteiger partial charge on any atom is -0.359 e. The Morgan fingerprint density at radius 3 is 2.79 bits per heavy atom. The van der Waals surface area contributed by atoms with Gasteiger partial charge in [-0.25, -0.2) is 0 Å². The highest BCUT2D eigenvalue weighted by Gasteiger charge is 2.34. The third-order valence-corrected chi connectivity index (χ3v) is 3.59. The Hall–Kier alpha value is -1.84. The first-order valence-corrected chi connectivity index (χ1v) is 6.65. The summed E-state index contributed by atoms with van der Waals surface area (Å²) in [5.74, 6) is 0.151. The highest BCUT2D eigenvalue weighted by atomic mass is 16.2. The number of anilines is 1. The van der Waals surface area contributed by atoms with Crippen LogP contribution in [-0.4, -0.2) is 25.4 Å². The van der Waals surface area contributed by atoms with E-state index in [1.807, 2.05) is 18.2 Å². The Bertz CT molecular complexity index is 497. The first kappa shape index (κ1) is 13.6. The fourth-order valence-corrected chi connectivity index (χ4v) is 2.39. The largest absolute Gasteiger partial charge is 0.359 e. The van der Waals surface area contributed by atoms with Gasteiger partial charge in [0, 0.05) is 25.7 Å². The number of hydrogen-bond acceptors (Lipinski definition) is 2. The molecule has 1 aromatic carbocycles. The Kier molecular flexibility index (Phi) is 3.88. The monoisotopic (exact) mass is 260 g/mol. The average molecular weight is 260 g/mol. The number of nitrogens with one attached hydrogen (secondary N) is 1. The lowest BCUT2D eigenvalue weighted by molar-refractivity contribution is -0.125. The molecule has 0 saturated carbocycles. The molecule has 102 valence electrons. The number of carbonyl (C=O) groups excluding carboxylic acids is 2. The highest BCUT2D eigenvalue weighted by molar-refractivity contribution is 6.00. The van der Waals surface area contributed by atoms with Crippen LogP contribution < -0.4 is 10.2 Å². The molecular formula is C15H20N2O2.